The molecule has 1 aromatic carbocycles. The van der Waals surface area contributed by atoms with E-state index in [1.807, 2.05) is 31.7 Å². The molecule has 2 aliphatic rings. The highest BCUT2D eigenvalue weighted by Gasteiger charge is 2.37. The summed E-state index contributed by atoms with van der Waals surface area (Å²) < 4.78 is 22.9. The molecule has 1 saturated heterocycles. The lowest BCUT2D eigenvalue weighted by molar-refractivity contribution is -0.126. The molecule has 0 saturated carbocycles. The average Bonchev–Trinajstić information content (AvgIpc) is 3.12. The standard InChI is InChI=1S/C30H28ClFN6O3/c1-5-21(39)36-12-13-37-18(14-36)15-41-27-22-28(37)35-30(40)38(26-17(4)10-11-33-24(26)16(2)3)29(22)34-25(23(27)31)19-8-6-7-9-20(19)32/h5-11,16,18H,1,12-15H2,2-4H3/t18-/m0/s1. The molecule has 0 bridgehead atoms. The van der Waals surface area contributed by atoms with E-state index in [-0.39, 0.29) is 52.2 Å². The van der Waals surface area contributed by atoms with Gasteiger partial charge < -0.3 is 14.5 Å². The number of carbonyl (C=O) groups excluding carboxylic acids is 1. The van der Waals surface area contributed by atoms with Gasteiger partial charge in [0.1, 0.15) is 28.7 Å². The number of nitrogens with zero attached hydrogens (tertiary/aromatic N) is 6. The second kappa shape index (κ2) is 10.3. The van der Waals surface area contributed by atoms with Crippen LogP contribution in [0.4, 0.5) is 10.2 Å². The molecule has 210 valence electrons. The number of ether oxygens (including phenoxy) is 1. The number of hydrogen-bond donors (Lipinski definition) is 0. The number of benzene rings is 1. The van der Waals surface area contributed by atoms with Gasteiger partial charge in [-0.2, -0.15) is 4.98 Å². The summed E-state index contributed by atoms with van der Waals surface area (Å²) in [7, 11) is 0. The minimum atomic E-state index is -0.559. The number of pyridine rings is 2. The maximum absolute atomic E-state index is 15.1. The number of anilines is 1. The first kappa shape index (κ1) is 26.9. The summed E-state index contributed by atoms with van der Waals surface area (Å²) in [6.07, 6.45) is 2.99. The fourth-order valence-electron chi connectivity index (χ4n) is 5.63. The first-order chi connectivity index (χ1) is 19.7. The van der Waals surface area contributed by atoms with Crippen molar-refractivity contribution in [3.05, 3.63) is 81.8 Å². The van der Waals surface area contributed by atoms with Gasteiger partial charge in [0.2, 0.25) is 5.91 Å². The number of aryl methyl sites for hydroxylation is 1. The lowest BCUT2D eigenvalue weighted by atomic mass is 10.0. The molecular formula is C30H28ClFN6O3. The van der Waals surface area contributed by atoms with Gasteiger partial charge in [-0.05, 0) is 42.7 Å². The van der Waals surface area contributed by atoms with E-state index in [1.165, 1.54) is 16.7 Å². The fourth-order valence-corrected chi connectivity index (χ4v) is 5.92. The Balaban J connectivity index is 1.70. The zero-order valence-electron chi connectivity index (χ0n) is 22.9. The Morgan fingerprint density at radius 2 is 2.00 bits per heavy atom. The maximum Gasteiger partial charge on any atom is 0.355 e. The topological polar surface area (TPSA) is 93.5 Å². The van der Waals surface area contributed by atoms with Crippen molar-refractivity contribution in [2.24, 2.45) is 0 Å². The fraction of sp³-hybridized carbons (Fsp3) is 0.300. The molecule has 2 aliphatic heterocycles. The van der Waals surface area contributed by atoms with Crippen molar-refractivity contribution in [1.82, 2.24) is 24.4 Å². The van der Waals surface area contributed by atoms with Crippen molar-refractivity contribution in [2.45, 2.75) is 32.7 Å². The van der Waals surface area contributed by atoms with Crippen LogP contribution in [0.3, 0.4) is 0 Å². The summed E-state index contributed by atoms with van der Waals surface area (Å²) in [5, 5.41) is 0.556. The quantitative estimate of drug-likeness (QED) is 0.327. The Labute approximate surface area is 240 Å². The number of amides is 1. The summed E-state index contributed by atoms with van der Waals surface area (Å²) in [4.78, 5) is 44.1. The van der Waals surface area contributed by atoms with Crippen molar-refractivity contribution in [3.63, 3.8) is 0 Å². The Hall–Kier alpha value is -4.31. The van der Waals surface area contributed by atoms with Crippen LogP contribution in [0.25, 0.3) is 28.0 Å². The number of halogens is 2. The molecule has 1 fully saturated rings. The van der Waals surface area contributed by atoms with Crippen molar-refractivity contribution in [1.29, 1.82) is 0 Å². The second-order valence-corrected chi connectivity index (χ2v) is 10.9. The van der Waals surface area contributed by atoms with E-state index >= 15 is 4.39 Å². The molecule has 11 heteroatoms. The Bertz CT molecular complexity index is 1790. The number of aromatic nitrogens is 4. The zero-order chi connectivity index (χ0) is 29.0. The summed E-state index contributed by atoms with van der Waals surface area (Å²) in [6, 6.07) is 7.69. The Morgan fingerprint density at radius 1 is 1.22 bits per heavy atom. The third kappa shape index (κ3) is 4.33. The number of hydrogen-bond acceptors (Lipinski definition) is 7. The number of carbonyl (C=O) groups is 1. The van der Waals surface area contributed by atoms with E-state index in [0.717, 1.165) is 5.56 Å². The summed E-state index contributed by atoms with van der Waals surface area (Å²) >= 11 is 6.94. The van der Waals surface area contributed by atoms with Gasteiger partial charge in [-0.25, -0.2) is 18.7 Å². The van der Waals surface area contributed by atoms with Crippen LogP contribution in [0.1, 0.15) is 31.0 Å². The van der Waals surface area contributed by atoms with Crippen molar-refractivity contribution >= 4 is 34.4 Å². The molecule has 0 unspecified atom stereocenters. The lowest BCUT2D eigenvalue weighted by Crippen LogP contribution is -2.56. The van der Waals surface area contributed by atoms with Crippen LogP contribution < -0.4 is 15.3 Å². The number of rotatable bonds is 4. The van der Waals surface area contributed by atoms with E-state index in [1.54, 1.807) is 29.3 Å². The molecular weight excluding hydrogens is 547 g/mol. The third-order valence-electron chi connectivity index (χ3n) is 7.62. The van der Waals surface area contributed by atoms with Crippen LogP contribution in [-0.4, -0.2) is 62.6 Å². The highest BCUT2D eigenvalue weighted by atomic mass is 35.5. The smallest absolute Gasteiger partial charge is 0.355 e. The van der Waals surface area contributed by atoms with E-state index < -0.39 is 11.5 Å². The molecule has 0 radical (unpaired) electrons. The molecule has 1 amide bonds. The summed E-state index contributed by atoms with van der Waals surface area (Å²) in [5.41, 5.74) is 2.06. The average molecular weight is 575 g/mol. The van der Waals surface area contributed by atoms with Gasteiger partial charge in [-0.1, -0.05) is 44.2 Å². The molecule has 0 aliphatic carbocycles. The van der Waals surface area contributed by atoms with Crippen molar-refractivity contribution in [3.8, 4) is 22.7 Å². The molecule has 41 heavy (non-hydrogen) atoms. The van der Waals surface area contributed by atoms with Crippen LogP contribution in [0.5, 0.6) is 5.75 Å². The molecule has 0 N–H and O–H groups in total. The van der Waals surface area contributed by atoms with Crippen LogP contribution >= 0.6 is 11.6 Å². The van der Waals surface area contributed by atoms with E-state index in [9.17, 15) is 9.59 Å². The van der Waals surface area contributed by atoms with Gasteiger partial charge in [0.05, 0.1) is 23.1 Å². The Kier molecular flexibility index (Phi) is 6.73. The van der Waals surface area contributed by atoms with Gasteiger partial charge >= 0.3 is 5.69 Å². The van der Waals surface area contributed by atoms with Gasteiger partial charge in [0, 0.05) is 31.4 Å². The van der Waals surface area contributed by atoms with Crippen LogP contribution in [0, 0.1) is 12.7 Å². The minimum Gasteiger partial charge on any atom is -0.489 e. The van der Waals surface area contributed by atoms with Crippen LogP contribution in [0.2, 0.25) is 5.02 Å². The molecule has 3 aromatic heterocycles. The second-order valence-electron chi connectivity index (χ2n) is 10.5. The SMILES string of the molecule is C=CC(=O)N1CCN2c3nc(=O)n(-c4c(C)ccnc4C(C)C)c4nc(-c5ccccc5F)c(Cl)c(c34)OC[C@@H]2C1. The van der Waals surface area contributed by atoms with Gasteiger partial charge in [-0.3, -0.25) is 9.78 Å². The summed E-state index contributed by atoms with van der Waals surface area (Å²) in [6.45, 7) is 10.8. The Morgan fingerprint density at radius 3 is 2.73 bits per heavy atom. The monoisotopic (exact) mass is 574 g/mol. The maximum atomic E-state index is 15.1. The normalized spacial score (nSPS) is 16.4. The molecule has 9 nitrogen and oxygen atoms in total. The highest BCUT2D eigenvalue weighted by molar-refractivity contribution is 6.36. The number of fused-ring (bicyclic) bond motifs is 2. The summed E-state index contributed by atoms with van der Waals surface area (Å²) in [5.74, 6) is -0.0890. The molecule has 4 aromatic rings. The highest BCUT2D eigenvalue weighted by Crippen LogP contribution is 2.45. The van der Waals surface area contributed by atoms with Crippen LogP contribution in [-0.2, 0) is 4.79 Å². The first-order valence-electron chi connectivity index (χ1n) is 13.4. The van der Waals surface area contributed by atoms with E-state index in [2.05, 4.69) is 16.5 Å². The van der Waals surface area contributed by atoms with Gasteiger partial charge in [-0.15, -0.1) is 0 Å². The lowest BCUT2D eigenvalue weighted by Gasteiger charge is -2.40. The zero-order valence-corrected chi connectivity index (χ0v) is 23.7. The predicted molar refractivity (Wildman–Crippen MR) is 156 cm³/mol. The predicted octanol–water partition coefficient (Wildman–Crippen LogP) is 4.66. The van der Waals surface area contributed by atoms with Crippen LogP contribution in [0.15, 0.2) is 54.0 Å². The molecule has 0 spiro atoms. The molecule has 1 atom stereocenters. The third-order valence-corrected chi connectivity index (χ3v) is 7.97. The van der Waals surface area contributed by atoms with E-state index in [0.29, 0.717) is 42.2 Å². The van der Waals surface area contributed by atoms with Gasteiger partial charge in [0.15, 0.2) is 11.4 Å². The molecule has 6 rings (SSSR count). The first-order valence-corrected chi connectivity index (χ1v) is 13.8. The van der Waals surface area contributed by atoms with Crippen molar-refractivity contribution < 1.29 is 13.9 Å². The largest absolute Gasteiger partial charge is 0.489 e. The van der Waals surface area contributed by atoms with E-state index in [4.69, 9.17) is 21.3 Å². The number of piperazine rings is 1. The van der Waals surface area contributed by atoms with Crippen molar-refractivity contribution in [2.75, 3.05) is 31.1 Å². The minimum absolute atomic E-state index is 0.0175. The van der Waals surface area contributed by atoms with Gasteiger partial charge in [0.25, 0.3) is 0 Å². The molecule has 5 heterocycles.